The van der Waals surface area contributed by atoms with Gasteiger partial charge in [-0.25, -0.2) is 9.97 Å². The Hall–Kier alpha value is -1.88. The first kappa shape index (κ1) is 11.2. The molecule has 1 atom stereocenters. The normalized spacial score (nSPS) is 19.1. The van der Waals surface area contributed by atoms with E-state index in [0.717, 1.165) is 30.5 Å². The molecule has 1 fully saturated rings. The molecule has 0 spiro atoms. The second-order valence-electron chi connectivity index (χ2n) is 4.26. The van der Waals surface area contributed by atoms with Crippen molar-refractivity contribution in [1.82, 2.24) is 15.3 Å². The van der Waals surface area contributed by atoms with Crippen LogP contribution in [-0.2, 0) is 0 Å². The minimum absolute atomic E-state index is 0.148. The Morgan fingerprint density at radius 3 is 2.50 bits per heavy atom. The van der Waals surface area contributed by atoms with E-state index in [2.05, 4.69) is 15.3 Å². The van der Waals surface area contributed by atoms with Gasteiger partial charge >= 0.3 is 0 Å². The first-order chi connectivity index (χ1) is 8.86. The van der Waals surface area contributed by atoms with Crippen molar-refractivity contribution < 1.29 is 9.47 Å². The molecule has 3 rings (SSSR count). The Morgan fingerprint density at radius 2 is 1.89 bits per heavy atom. The highest BCUT2D eigenvalue weighted by molar-refractivity contribution is 5.75. The van der Waals surface area contributed by atoms with E-state index in [1.807, 2.05) is 24.3 Å². The molecule has 5 nitrogen and oxygen atoms in total. The van der Waals surface area contributed by atoms with Gasteiger partial charge in [-0.3, -0.25) is 0 Å². The van der Waals surface area contributed by atoms with Gasteiger partial charge in [0.05, 0.1) is 18.1 Å². The summed E-state index contributed by atoms with van der Waals surface area (Å²) in [5, 5.41) is 3.25. The monoisotopic (exact) mass is 245 g/mol. The number of nitrogens with zero attached hydrogens (tertiary/aromatic N) is 2. The maximum absolute atomic E-state index is 5.84. The van der Waals surface area contributed by atoms with E-state index in [9.17, 15) is 0 Å². The van der Waals surface area contributed by atoms with Crippen molar-refractivity contribution in [2.24, 2.45) is 0 Å². The highest BCUT2D eigenvalue weighted by atomic mass is 16.5. The molecule has 0 bridgehead atoms. The highest BCUT2D eigenvalue weighted by Gasteiger charge is 2.20. The van der Waals surface area contributed by atoms with Crippen LogP contribution in [0, 0.1) is 0 Å². The van der Waals surface area contributed by atoms with E-state index in [4.69, 9.17) is 9.47 Å². The summed E-state index contributed by atoms with van der Waals surface area (Å²) in [6.07, 6.45) is 1.13. The number of rotatable bonds is 3. The second kappa shape index (κ2) is 4.78. The molecule has 94 valence electrons. The molecular weight excluding hydrogens is 230 g/mol. The van der Waals surface area contributed by atoms with Crippen LogP contribution in [0.1, 0.15) is 6.42 Å². The van der Waals surface area contributed by atoms with E-state index in [1.165, 1.54) is 0 Å². The molecule has 18 heavy (non-hydrogen) atoms. The molecular formula is C13H15N3O2. The topological polar surface area (TPSA) is 56.3 Å². The lowest BCUT2D eigenvalue weighted by Gasteiger charge is -2.14. The molecule has 1 aliphatic rings. The van der Waals surface area contributed by atoms with Crippen LogP contribution in [0.3, 0.4) is 0 Å². The van der Waals surface area contributed by atoms with Crippen molar-refractivity contribution >= 4 is 11.0 Å². The average molecular weight is 245 g/mol. The molecule has 0 radical (unpaired) electrons. The quantitative estimate of drug-likeness (QED) is 0.885. The lowest BCUT2D eigenvalue weighted by molar-refractivity contribution is 0.202. The SMILES string of the molecule is COc1nc2ccccc2nc1O[C@H]1CCNC1. The fourth-order valence-electron chi connectivity index (χ4n) is 2.06. The van der Waals surface area contributed by atoms with Crippen LogP contribution in [0.5, 0.6) is 11.8 Å². The van der Waals surface area contributed by atoms with E-state index < -0.39 is 0 Å². The van der Waals surface area contributed by atoms with E-state index in [-0.39, 0.29) is 6.10 Å². The largest absolute Gasteiger partial charge is 0.477 e. The minimum atomic E-state index is 0.148. The predicted molar refractivity (Wildman–Crippen MR) is 68.0 cm³/mol. The Labute approximate surface area is 105 Å². The molecule has 2 heterocycles. The van der Waals surface area contributed by atoms with Crippen molar-refractivity contribution in [2.75, 3.05) is 20.2 Å². The summed E-state index contributed by atoms with van der Waals surface area (Å²) in [6.45, 7) is 1.83. The number of fused-ring (bicyclic) bond motifs is 1. The smallest absolute Gasteiger partial charge is 0.279 e. The van der Waals surface area contributed by atoms with Crippen molar-refractivity contribution in [3.8, 4) is 11.8 Å². The van der Waals surface area contributed by atoms with Gasteiger partial charge in [0.2, 0.25) is 0 Å². The predicted octanol–water partition coefficient (Wildman–Crippen LogP) is 1.38. The van der Waals surface area contributed by atoms with Crippen molar-refractivity contribution in [2.45, 2.75) is 12.5 Å². The second-order valence-corrected chi connectivity index (χ2v) is 4.26. The number of nitrogens with one attached hydrogen (secondary N) is 1. The van der Waals surface area contributed by atoms with Gasteiger partial charge in [-0.2, -0.15) is 0 Å². The molecule has 1 aromatic carbocycles. The molecule has 0 unspecified atom stereocenters. The van der Waals surface area contributed by atoms with Gasteiger partial charge in [0.1, 0.15) is 6.10 Å². The zero-order valence-corrected chi connectivity index (χ0v) is 10.2. The zero-order chi connectivity index (χ0) is 12.4. The van der Waals surface area contributed by atoms with Gasteiger partial charge in [-0.1, -0.05) is 12.1 Å². The van der Waals surface area contributed by atoms with Crippen LogP contribution in [0.2, 0.25) is 0 Å². The Bertz CT molecular complexity index is 553. The molecule has 5 heteroatoms. The average Bonchev–Trinajstić information content (AvgIpc) is 2.91. The standard InChI is InChI=1S/C13H15N3O2/c1-17-12-13(18-9-6-7-14-8-9)16-11-5-3-2-4-10(11)15-12/h2-5,9,14H,6-8H2,1H3/t9-/m0/s1. The van der Waals surface area contributed by atoms with Crippen molar-refractivity contribution in [3.63, 3.8) is 0 Å². The van der Waals surface area contributed by atoms with Crippen molar-refractivity contribution in [1.29, 1.82) is 0 Å². The highest BCUT2D eigenvalue weighted by Crippen LogP contribution is 2.26. The fourth-order valence-corrected chi connectivity index (χ4v) is 2.06. The van der Waals surface area contributed by atoms with Crippen LogP contribution in [0.4, 0.5) is 0 Å². The number of aromatic nitrogens is 2. The summed E-state index contributed by atoms with van der Waals surface area (Å²) in [6, 6.07) is 7.69. The Balaban J connectivity index is 1.97. The molecule has 0 aliphatic carbocycles. The number of ether oxygens (including phenoxy) is 2. The first-order valence-electron chi connectivity index (χ1n) is 6.05. The summed E-state index contributed by atoms with van der Waals surface area (Å²) >= 11 is 0. The van der Waals surface area contributed by atoms with Crippen LogP contribution in [0.25, 0.3) is 11.0 Å². The van der Waals surface area contributed by atoms with E-state index in [0.29, 0.717) is 11.8 Å². The van der Waals surface area contributed by atoms with Gasteiger partial charge in [0.15, 0.2) is 0 Å². The molecule has 1 aromatic heterocycles. The maximum Gasteiger partial charge on any atom is 0.279 e. The molecule has 0 saturated carbocycles. The third kappa shape index (κ3) is 2.09. The summed E-state index contributed by atoms with van der Waals surface area (Å²) in [4.78, 5) is 8.88. The Kier molecular flexibility index (Phi) is 2.98. The number of hydrogen-bond acceptors (Lipinski definition) is 5. The maximum atomic E-state index is 5.84. The molecule has 2 aromatic rings. The van der Waals surface area contributed by atoms with E-state index >= 15 is 0 Å². The van der Waals surface area contributed by atoms with Crippen molar-refractivity contribution in [3.05, 3.63) is 24.3 Å². The zero-order valence-electron chi connectivity index (χ0n) is 10.2. The number of benzene rings is 1. The summed E-state index contributed by atoms with van der Waals surface area (Å²) in [5.74, 6) is 0.922. The Morgan fingerprint density at radius 1 is 1.17 bits per heavy atom. The third-order valence-corrected chi connectivity index (χ3v) is 3.00. The van der Waals surface area contributed by atoms with Crippen LogP contribution < -0.4 is 14.8 Å². The summed E-state index contributed by atoms with van der Waals surface area (Å²) in [5.41, 5.74) is 1.63. The molecule has 1 N–H and O–H groups in total. The summed E-state index contributed by atoms with van der Waals surface area (Å²) < 4.78 is 11.1. The minimum Gasteiger partial charge on any atom is -0.477 e. The number of para-hydroxylation sites is 2. The van der Waals surface area contributed by atoms with Gasteiger partial charge in [0.25, 0.3) is 11.8 Å². The first-order valence-corrected chi connectivity index (χ1v) is 6.05. The number of hydrogen-bond donors (Lipinski definition) is 1. The summed E-state index contributed by atoms with van der Waals surface area (Å²) in [7, 11) is 1.58. The molecule has 1 aliphatic heterocycles. The molecule has 0 amide bonds. The van der Waals surface area contributed by atoms with Gasteiger partial charge in [-0.05, 0) is 25.1 Å². The van der Waals surface area contributed by atoms with Crippen LogP contribution in [0.15, 0.2) is 24.3 Å². The third-order valence-electron chi connectivity index (χ3n) is 3.00. The van der Waals surface area contributed by atoms with Crippen LogP contribution in [-0.4, -0.2) is 36.3 Å². The fraction of sp³-hybridized carbons (Fsp3) is 0.385. The number of methoxy groups -OCH3 is 1. The van der Waals surface area contributed by atoms with Gasteiger partial charge in [-0.15, -0.1) is 0 Å². The van der Waals surface area contributed by atoms with E-state index in [1.54, 1.807) is 7.11 Å². The van der Waals surface area contributed by atoms with Crippen LogP contribution >= 0.6 is 0 Å². The molecule has 1 saturated heterocycles. The van der Waals surface area contributed by atoms with Gasteiger partial charge in [0, 0.05) is 6.54 Å². The lowest BCUT2D eigenvalue weighted by atomic mass is 10.3. The lowest BCUT2D eigenvalue weighted by Crippen LogP contribution is -2.20. The van der Waals surface area contributed by atoms with Gasteiger partial charge < -0.3 is 14.8 Å².